The molecular formula is C19H17N3O3. The summed E-state index contributed by atoms with van der Waals surface area (Å²) < 4.78 is 5.16. The van der Waals surface area contributed by atoms with Crippen LogP contribution in [0.4, 0.5) is 0 Å². The van der Waals surface area contributed by atoms with Gasteiger partial charge in [-0.1, -0.05) is 29.8 Å². The van der Waals surface area contributed by atoms with Crippen LogP contribution in [-0.4, -0.2) is 27.3 Å². The van der Waals surface area contributed by atoms with Crippen molar-refractivity contribution in [3.63, 3.8) is 0 Å². The van der Waals surface area contributed by atoms with Crippen molar-refractivity contribution in [2.24, 2.45) is 0 Å². The van der Waals surface area contributed by atoms with Gasteiger partial charge in [-0.3, -0.25) is 9.59 Å². The molecule has 0 atom stereocenters. The molecule has 0 saturated heterocycles. The Morgan fingerprint density at radius 3 is 2.76 bits per heavy atom. The second kappa shape index (κ2) is 6.05. The summed E-state index contributed by atoms with van der Waals surface area (Å²) in [6, 6.07) is 11.1. The van der Waals surface area contributed by atoms with Crippen LogP contribution < -0.4 is 5.56 Å². The van der Waals surface area contributed by atoms with E-state index >= 15 is 0 Å². The van der Waals surface area contributed by atoms with Crippen molar-refractivity contribution in [3.8, 4) is 11.4 Å². The van der Waals surface area contributed by atoms with Gasteiger partial charge in [0.05, 0.1) is 24.1 Å². The minimum atomic E-state index is -0.210. The maximum Gasteiger partial charge on any atom is 0.289 e. The maximum absolute atomic E-state index is 12.5. The number of fused-ring (bicyclic) bond motifs is 1. The molecule has 1 aliphatic heterocycles. The summed E-state index contributed by atoms with van der Waals surface area (Å²) >= 11 is 0. The van der Waals surface area contributed by atoms with E-state index in [-0.39, 0.29) is 23.8 Å². The fourth-order valence-corrected chi connectivity index (χ4v) is 3.00. The average Bonchev–Trinajstić information content (AvgIpc) is 3.16. The van der Waals surface area contributed by atoms with Crippen molar-refractivity contribution < 1.29 is 9.21 Å². The fraction of sp³-hybridized carbons (Fsp3) is 0.211. The van der Waals surface area contributed by atoms with Crippen LogP contribution in [0.25, 0.3) is 11.4 Å². The highest BCUT2D eigenvalue weighted by molar-refractivity contribution is 5.91. The smallest absolute Gasteiger partial charge is 0.289 e. The van der Waals surface area contributed by atoms with Gasteiger partial charge in [0.15, 0.2) is 5.76 Å². The number of benzene rings is 1. The number of carbonyl (C=O) groups is 1. The molecule has 0 fully saturated rings. The van der Waals surface area contributed by atoms with Crippen LogP contribution in [-0.2, 0) is 13.0 Å². The Labute approximate surface area is 144 Å². The van der Waals surface area contributed by atoms with Gasteiger partial charge in [-0.25, -0.2) is 4.98 Å². The molecule has 0 aliphatic carbocycles. The molecule has 3 heterocycles. The van der Waals surface area contributed by atoms with Gasteiger partial charge in [0, 0.05) is 18.5 Å². The van der Waals surface area contributed by atoms with E-state index in [1.807, 2.05) is 31.2 Å². The van der Waals surface area contributed by atoms with Crippen molar-refractivity contribution >= 4 is 5.91 Å². The third-order valence-electron chi connectivity index (χ3n) is 4.41. The SMILES string of the molecule is Cc1ccc(-c2nc3c(c(=O)[nH]2)CN(C(=O)c2ccco2)CC3)cc1. The average molecular weight is 335 g/mol. The highest BCUT2D eigenvalue weighted by atomic mass is 16.3. The number of hydrogen-bond donors (Lipinski definition) is 1. The van der Waals surface area contributed by atoms with Crippen LogP contribution >= 0.6 is 0 Å². The molecule has 0 unspecified atom stereocenters. The number of furan rings is 1. The quantitative estimate of drug-likeness (QED) is 0.780. The van der Waals surface area contributed by atoms with Crippen molar-refractivity contribution in [2.75, 3.05) is 6.54 Å². The fourth-order valence-electron chi connectivity index (χ4n) is 3.00. The Morgan fingerprint density at radius 1 is 1.24 bits per heavy atom. The highest BCUT2D eigenvalue weighted by Crippen LogP contribution is 2.20. The molecule has 3 aromatic rings. The number of rotatable bonds is 2. The lowest BCUT2D eigenvalue weighted by molar-refractivity contribution is 0.0700. The van der Waals surface area contributed by atoms with Crippen molar-refractivity contribution in [3.05, 3.63) is 75.6 Å². The molecule has 1 aromatic carbocycles. The summed E-state index contributed by atoms with van der Waals surface area (Å²) in [4.78, 5) is 34.0. The van der Waals surface area contributed by atoms with E-state index in [1.165, 1.54) is 6.26 Å². The summed E-state index contributed by atoms with van der Waals surface area (Å²) in [7, 11) is 0. The number of aromatic amines is 1. The Hall–Kier alpha value is -3.15. The molecule has 0 saturated carbocycles. The van der Waals surface area contributed by atoms with E-state index in [4.69, 9.17) is 4.42 Å². The topological polar surface area (TPSA) is 79.2 Å². The first-order valence-corrected chi connectivity index (χ1v) is 8.14. The zero-order chi connectivity index (χ0) is 17.4. The molecule has 1 amide bonds. The van der Waals surface area contributed by atoms with Crippen LogP contribution in [0.2, 0.25) is 0 Å². The first-order valence-electron chi connectivity index (χ1n) is 8.14. The van der Waals surface area contributed by atoms with Gasteiger partial charge in [-0.15, -0.1) is 0 Å². The monoisotopic (exact) mass is 335 g/mol. The van der Waals surface area contributed by atoms with E-state index in [2.05, 4.69) is 9.97 Å². The van der Waals surface area contributed by atoms with Crippen LogP contribution in [0, 0.1) is 6.92 Å². The summed E-state index contributed by atoms with van der Waals surface area (Å²) in [5, 5.41) is 0. The second-order valence-electron chi connectivity index (χ2n) is 6.16. The van der Waals surface area contributed by atoms with Gasteiger partial charge in [-0.05, 0) is 19.1 Å². The van der Waals surface area contributed by atoms with Gasteiger partial charge >= 0.3 is 0 Å². The van der Waals surface area contributed by atoms with Gasteiger partial charge in [0.2, 0.25) is 0 Å². The third-order valence-corrected chi connectivity index (χ3v) is 4.41. The summed E-state index contributed by atoms with van der Waals surface area (Å²) in [5.74, 6) is 0.635. The minimum Gasteiger partial charge on any atom is -0.459 e. The zero-order valence-electron chi connectivity index (χ0n) is 13.8. The molecule has 6 nitrogen and oxygen atoms in total. The predicted octanol–water partition coefficient (Wildman–Crippen LogP) is 2.54. The van der Waals surface area contributed by atoms with Gasteiger partial charge in [0.25, 0.3) is 11.5 Å². The summed E-state index contributed by atoms with van der Waals surface area (Å²) in [6.07, 6.45) is 2.01. The number of amides is 1. The minimum absolute atomic E-state index is 0.197. The largest absolute Gasteiger partial charge is 0.459 e. The Balaban J connectivity index is 1.65. The molecule has 6 heteroatoms. The van der Waals surface area contributed by atoms with Crippen LogP contribution in [0.15, 0.2) is 51.9 Å². The number of aromatic nitrogens is 2. The van der Waals surface area contributed by atoms with Crippen LogP contribution in [0.1, 0.15) is 27.4 Å². The Morgan fingerprint density at radius 2 is 2.04 bits per heavy atom. The molecule has 126 valence electrons. The van der Waals surface area contributed by atoms with Crippen molar-refractivity contribution in [1.29, 1.82) is 0 Å². The number of nitrogens with zero attached hydrogens (tertiary/aromatic N) is 2. The maximum atomic E-state index is 12.5. The molecule has 1 aliphatic rings. The lowest BCUT2D eigenvalue weighted by Gasteiger charge is -2.27. The van der Waals surface area contributed by atoms with Gasteiger partial charge < -0.3 is 14.3 Å². The highest BCUT2D eigenvalue weighted by Gasteiger charge is 2.26. The zero-order valence-corrected chi connectivity index (χ0v) is 13.8. The second-order valence-corrected chi connectivity index (χ2v) is 6.16. The number of nitrogens with one attached hydrogen (secondary N) is 1. The molecular weight excluding hydrogens is 318 g/mol. The number of aryl methyl sites for hydroxylation is 1. The summed E-state index contributed by atoms with van der Waals surface area (Å²) in [5.41, 5.74) is 3.12. The van der Waals surface area contributed by atoms with Gasteiger partial charge in [-0.2, -0.15) is 0 Å². The first-order chi connectivity index (χ1) is 12.1. The molecule has 0 spiro atoms. The van der Waals surface area contributed by atoms with E-state index in [0.717, 1.165) is 16.8 Å². The van der Waals surface area contributed by atoms with Crippen LogP contribution in [0.3, 0.4) is 0 Å². The molecule has 0 bridgehead atoms. The number of hydrogen-bond acceptors (Lipinski definition) is 4. The van der Waals surface area contributed by atoms with Crippen molar-refractivity contribution in [1.82, 2.24) is 14.9 Å². The van der Waals surface area contributed by atoms with E-state index in [0.29, 0.717) is 24.4 Å². The van der Waals surface area contributed by atoms with Crippen molar-refractivity contribution in [2.45, 2.75) is 19.9 Å². The number of H-pyrrole nitrogens is 1. The van der Waals surface area contributed by atoms with Gasteiger partial charge in [0.1, 0.15) is 5.82 Å². The molecule has 2 aromatic heterocycles. The number of carbonyl (C=O) groups excluding carboxylic acids is 1. The standard InChI is InChI=1S/C19H17N3O3/c1-12-4-6-13(7-5-12)17-20-15-8-9-22(11-14(15)18(23)21-17)19(24)16-3-2-10-25-16/h2-7,10H,8-9,11H2,1H3,(H,20,21,23). The lowest BCUT2D eigenvalue weighted by atomic mass is 10.1. The van der Waals surface area contributed by atoms with E-state index < -0.39 is 0 Å². The van der Waals surface area contributed by atoms with E-state index in [9.17, 15) is 9.59 Å². The molecule has 0 radical (unpaired) electrons. The molecule has 4 rings (SSSR count). The molecule has 1 N–H and O–H groups in total. The Bertz CT molecular complexity index is 972. The first kappa shape index (κ1) is 15.4. The van der Waals surface area contributed by atoms with E-state index in [1.54, 1.807) is 17.0 Å². The normalized spacial score (nSPS) is 13.6. The predicted molar refractivity (Wildman–Crippen MR) is 92.2 cm³/mol. The lowest BCUT2D eigenvalue weighted by Crippen LogP contribution is -2.39. The Kier molecular flexibility index (Phi) is 3.72. The van der Waals surface area contributed by atoms with Crippen LogP contribution in [0.5, 0.6) is 0 Å². The third kappa shape index (κ3) is 2.87. The summed E-state index contributed by atoms with van der Waals surface area (Å²) in [6.45, 7) is 2.76. The molecule has 25 heavy (non-hydrogen) atoms.